The highest BCUT2D eigenvalue weighted by atomic mass is 35.5. The molecule has 0 saturated heterocycles. The molecule has 13 heteroatoms. The lowest BCUT2D eigenvalue weighted by Crippen LogP contribution is -2.25. The van der Waals surface area contributed by atoms with E-state index in [2.05, 4.69) is 15.0 Å². The number of hydrogen-bond acceptors (Lipinski definition) is 10. The van der Waals surface area contributed by atoms with Crippen LogP contribution in [0.25, 0.3) is 11.2 Å². The van der Waals surface area contributed by atoms with Crippen LogP contribution in [-0.4, -0.2) is 51.3 Å². The van der Waals surface area contributed by atoms with Crippen molar-refractivity contribution in [3.05, 3.63) is 11.5 Å². The van der Waals surface area contributed by atoms with Crippen LogP contribution in [0.4, 0.5) is 5.95 Å². The Morgan fingerprint density at radius 3 is 2.67 bits per heavy atom. The van der Waals surface area contributed by atoms with Gasteiger partial charge in [-0.25, -0.2) is 4.98 Å². The molecule has 1 atom stereocenters. The van der Waals surface area contributed by atoms with Gasteiger partial charge in [-0.15, -0.1) is 0 Å². The van der Waals surface area contributed by atoms with Gasteiger partial charge in [0, 0.05) is 7.11 Å². The van der Waals surface area contributed by atoms with Crippen LogP contribution in [0.5, 0.6) is 0 Å². The maximum Gasteiger partial charge on any atom is 0.358 e. The lowest BCUT2D eigenvalue weighted by atomic mass is 9.98. The van der Waals surface area contributed by atoms with Gasteiger partial charge in [-0.2, -0.15) is 9.97 Å². The number of esters is 1. The SMILES string of the molecule is COP(=O)(COC1(Cn2cnc3c(Cl)nc(N)nc32)CC1)OCOC(=O)C(C)(C)C. The summed E-state index contributed by atoms with van der Waals surface area (Å²) in [5.41, 5.74) is 5.34. The number of carbonyl (C=O) groups is 1. The first kappa shape index (κ1) is 22.9. The Bertz CT molecular complexity index is 987. The third-order valence-corrected chi connectivity index (χ3v) is 6.33. The van der Waals surface area contributed by atoms with Crippen LogP contribution in [0.15, 0.2) is 6.33 Å². The van der Waals surface area contributed by atoms with Gasteiger partial charge in [0.15, 0.2) is 10.8 Å². The van der Waals surface area contributed by atoms with E-state index in [4.69, 9.17) is 35.9 Å². The summed E-state index contributed by atoms with van der Waals surface area (Å²) in [6.07, 6.45) is 2.76. The van der Waals surface area contributed by atoms with Gasteiger partial charge in [-0.05, 0) is 33.6 Å². The molecule has 0 radical (unpaired) electrons. The number of imidazole rings is 1. The second kappa shape index (κ2) is 8.39. The Balaban J connectivity index is 1.60. The Labute approximate surface area is 178 Å². The van der Waals surface area contributed by atoms with Gasteiger partial charge >= 0.3 is 13.6 Å². The van der Waals surface area contributed by atoms with Crippen molar-refractivity contribution in [1.29, 1.82) is 0 Å². The molecule has 0 bridgehead atoms. The Morgan fingerprint density at radius 1 is 1.37 bits per heavy atom. The lowest BCUT2D eigenvalue weighted by Gasteiger charge is -2.22. The number of nitrogen functional groups attached to an aromatic ring is 1. The van der Waals surface area contributed by atoms with Gasteiger partial charge in [0.2, 0.25) is 12.7 Å². The van der Waals surface area contributed by atoms with E-state index in [1.165, 1.54) is 7.11 Å². The number of anilines is 1. The summed E-state index contributed by atoms with van der Waals surface area (Å²) in [6, 6.07) is 0. The van der Waals surface area contributed by atoms with Crippen molar-refractivity contribution < 1.29 is 27.9 Å². The Kier molecular flexibility index (Phi) is 6.41. The minimum Gasteiger partial charge on any atom is -0.438 e. The molecule has 30 heavy (non-hydrogen) atoms. The van der Waals surface area contributed by atoms with E-state index in [0.717, 1.165) is 12.8 Å². The summed E-state index contributed by atoms with van der Waals surface area (Å²) in [5, 5.41) is 0.170. The third-order valence-electron chi connectivity index (χ3n) is 4.56. The number of nitrogens with two attached hydrogens (primary N) is 1. The zero-order valence-electron chi connectivity index (χ0n) is 17.3. The predicted molar refractivity (Wildman–Crippen MR) is 109 cm³/mol. The summed E-state index contributed by atoms with van der Waals surface area (Å²) in [7, 11) is -2.36. The molecule has 1 fully saturated rings. The van der Waals surface area contributed by atoms with Crippen molar-refractivity contribution in [3.63, 3.8) is 0 Å². The van der Waals surface area contributed by atoms with Crippen LogP contribution in [0.3, 0.4) is 0 Å². The number of aromatic nitrogens is 4. The highest BCUT2D eigenvalue weighted by molar-refractivity contribution is 7.53. The van der Waals surface area contributed by atoms with Gasteiger partial charge in [0.1, 0.15) is 11.9 Å². The quantitative estimate of drug-likeness (QED) is 0.256. The minimum atomic E-state index is -3.61. The van der Waals surface area contributed by atoms with Crippen LogP contribution >= 0.6 is 19.2 Å². The number of rotatable bonds is 9. The van der Waals surface area contributed by atoms with Crippen molar-refractivity contribution in [3.8, 4) is 0 Å². The zero-order valence-corrected chi connectivity index (χ0v) is 18.9. The standard InChI is InChI=1S/C17H25ClN5O6P/c1-16(2,3)14(24)27-9-29-30(25,26-4)10-28-17(5-6-17)7-23-8-20-11-12(18)21-15(19)22-13(11)23/h8H,5-7,9-10H2,1-4H3,(H2,19,21,22). The number of fused-ring (bicyclic) bond motifs is 1. The number of halogens is 1. The molecule has 1 aliphatic carbocycles. The van der Waals surface area contributed by atoms with E-state index < -0.39 is 31.4 Å². The van der Waals surface area contributed by atoms with Gasteiger partial charge in [0.25, 0.3) is 0 Å². The summed E-state index contributed by atoms with van der Waals surface area (Å²) >= 11 is 6.06. The van der Waals surface area contributed by atoms with Crippen LogP contribution in [-0.2, 0) is 34.4 Å². The van der Waals surface area contributed by atoms with Crippen LogP contribution in [0, 0.1) is 5.41 Å². The molecule has 3 rings (SSSR count). The minimum absolute atomic E-state index is 0.0436. The van der Waals surface area contributed by atoms with E-state index >= 15 is 0 Å². The second-order valence-corrected chi connectivity index (χ2v) is 10.6. The van der Waals surface area contributed by atoms with E-state index in [9.17, 15) is 9.36 Å². The number of hydrogen-bond donors (Lipinski definition) is 1. The Hall–Kier alpha value is -1.78. The molecule has 0 aromatic carbocycles. The first-order valence-electron chi connectivity index (χ1n) is 9.21. The van der Waals surface area contributed by atoms with E-state index in [-0.39, 0.29) is 17.4 Å². The van der Waals surface area contributed by atoms with Gasteiger partial charge in [0.05, 0.1) is 23.9 Å². The maximum atomic E-state index is 12.8. The largest absolute Gasteiger partial charge is 0.438 e. The van der Waals surface area contributed by atoms with Crippen molar-refractivity contribution in [2.24, 2.45) is 5.41 Å². The molecule has 0 aliphatic heterocycles. The fraction of sp³-hybridized carbons (Fsp3) is 0.647. The fourth-order valence-corrected chi connectivity index (χ4v) is 3.73. The van der Waals surface area contributed by atoms with Crippen molar-refractivity contribution in [2.45, 2.75) is 45.8 Å². The molecule has 2 aromatic heterocycles. The lowest BCUT2D eigenvalue weighted by molar-refractivity contribution is -0.160. The number of ether oxygens (including phenoxy) is 2. The van der Waals surface area contributed by atoms with Crippen LogP contribution < -0.4 is 5.73 Å². The molecule has 1 unspecified atom stereocenters. The molecule has 2 aromatic rings. The fourth-order valence-electron chi connectivity index (χ4n) is 2.57. The summed E-state index contributed by atoms with van der Waals surface area (Å²) in [6.45, 7) is 5.03. The molecular formula is C17H25ClN5O6P. The highest BCUT2D eigenvalue weighted by Gasteiger charge is 2.46. The average molecular weight is 462 g/mol. The number of nitrogens with zero attached hydrogens (tertiary/aromatic N) is 4. The van der Waals surface area contributed by atoms with Crippen molar-refractivity contribution in [2.75, 3.05) is 26.0 Å². The average Bonchev–Trinajstić information content (AvgIpc) is 3.32. The smallest absolute Gasteiger partial charge is 0.358 e. The summed E-state index contributed by atoms with van der Waals surface area (Å²) < 4.78 is 35.6. The van der Waals surface area contributed by atoms with E-state index in [1.54, 1.807) is 31.7 Å². The molecule has 166 valence electrons. The number of carbonyl (C=O) groups excluding carboxylic acids is 1. The van der Waals surface area contributed by atoms with Crippen molar-refractivity contribution >= 4 is 42.3 Å². The van der Waals surface area contributed by atoms with Crippen molar-refractivity contribution in [1.82, 2.24) is 19.5 Å². The molecule has 0 spiro atoms. The van der Waals surface area contributed by atoms with Gasteiger partial charge in [-0.3, -0.25) is 13.9 Å². The molecule has 11 nitrogen and oxygen atoms in total. The molecule has 2 heterocycles. The second-order valence-electron chi connectivity index (χ2n) is 8.10. The summed E-state index contributed by atoms with van der Waals surface area (Å²) in [4.78, 5) is 24.1. The van der Waals surface area contributed by atoms with Crippen LogP contribution in [0.2, 0.25) is 5.15 Å². The highest BCUT2D eigenvalue weighted by Crippen LogP contribution is 2.51. The van der Waals surface area contributed by atoms with Gasteiger partial charge < -0.3 is 24.3 Å². The predicted octanol–water partition coefficient (Wildman–Crippen LogP) is 2.97. The first-order valence-corrected chi connectivity index (χ1v) is 11.3. The molecular weight excluding hydrogens is 437 g/mol. The summed E-state index contributed by atoms with van der Waals surface area (Å²) in [5.74, 6) is -0.432. The monoisotopic (exact) mass is 461 g/mol. The molecule has 0 amide bonds. The van der Waals surface area contributed by atoms with Gasteiger partial charge in [-0.1, -0.05) is 11.6 Å². The van der Waals surface area contributed by atoms with E-state index in [1.807, 2.05) is 0 Å². The molecule has 2 N–H and O–H groups in total. The zero-order chi connectivity index (χ0) is 22.2. The van der Waals surface area contributed by atoms with Crippen LogP contribution in [0.1, 0.15) is 33.6 Å². The molecule has 1 aliphatic rings. The third kappa shape index (κ3) is 5.28. The normalized spacial score (nSPS) is 17.6. The topological polar surface area (TPSA) is 141 Å². The van der Waals surface area contributed by atoms with E-state index in [0.29, 0.717) is 17.7 Å². The molecule has 1 saturated carbocycles. The Morgan fingerprint density at radius 2 is 2.07 bits per heavy atom. The first-order chi connectivity index (χ1) is 14.0. The maximum absolute atomic E-state index is 12.8.